The topological polar surface area (TPSA) is 68.5 Å². The first-order valence-corrected chi connectivity index (χ1v) is 7.56. The van der Waals surface area contributed by atoms with Crippen molar-refractivity contribution in [3.63, 3.8) is 0 Å². The van der Waals surface area contributed by atoms with Gasteiger partial charge in [-0.1, -0.05) is 46.0 Å². The molecule has 0 amide bonds. The van der Waals surface area contributed by atoms with E-state index in [0.717, 1.165) is 21.8 Å². The number of rotatable bonds is 4. The summed E-state index contributed by atoms with van der Waals surface area (Å²) >= 11 is 1.59. The van der Waals surface area contributed by atoms with Crippen LogP contribution in [0, 0.1) is 0 Å². The minimum absolute atomic E-state index is 0.0349. The maximum Gasteiger partial charge on any atom is 0.206 e. The van der Waals surface area contributed by atoms with Crippen molar-refractivity contribution >= 4 is 16.5 Å². The van der Waals surface area contributed by atoms with Crippen LogP contribution in [0.4, 0.5) is 5.13 Å². The molecule has 0 saturated carbocycles. The molecule has 0 atom stereocenters. The van der Waals surface area contributed by atoms with Gasteiger partial charge in [0.2, 0.25) is 5.13 Å². The summed E-state index contributed by atoms with van der Waals surface area (Å²) in [6.07, 6.45) is 0. The molecule has 20 heavy (non-hydrogen) atoms. The van der Waals surface area contributed by atoms with Crippen molar-refractivity contribution in [3.8, 4) is 0 Å². The molecule has 7 heteroatoms. The van der Waals surface area contributed by atoms with Crippen molar-refractivity contribution in [2.45, 2.75) is 52.5 Å². The lowest BCUT2D eigenvalue weighted by atomic mass is 9.98. The molecule has 0 radical (unpaired) electrons. The maximum absolute atomic E-state index is 4.22. The van der Waals surface area contributed by atoms with Crippen LogP contribution in [0.2, 0.25) is 0 Å². The molecule has 0 saturated heterocycles. The highest BCUT2D eigenvalue weighted by Crippen LogP contribution is 2.27. The summed E-state index contributed by atoms with van der Waals surface area (Å²) < 4.78 is 2.03. The van der Waals surface area contributed by atoms with E-state index < -0.39 is 0 Å². The van der Waals surface area contributed by atoms with Crippen molar-refractivity contribution in [1.82, 2.24) is 25.0 Å². The number of hydrogen-bond acceptors (Lipinski definition) is 6. The minimum Gasteiger partial charge on any atom is -0.353 e. The first-order chi connectivity index (χ1) is 9.29. The van der Waals surface area contributed by atoms with Crippen LogP contribution in [-0.4, -0.2) is 25.0 Å². The quantitative estimate of drug-likeness (QED) is 0.939. The molecule has 1 N–H and O–H groups in total. The molecule has 0 unspecified atom stereocenters. The molecule has 2 aromatic heterocycles. The Balaban J connectivity index is 2.04. The Kier molecular flexibility index (Phi) is 4.08. The molecule has 0 aliphatic carbocycles. The van der Waals surface area contributed by atoms with Crippen LogP contribution >= 0.6 is 11.3 Å². The summed E-state index contributed by atoms with van der Waals surface area (Å²) in [5.74, 6) is 2.27. The van der Waals surface area contributed by atoms with Crippen molar-refractivity contribution in [2.24, 2.45) is 7.05 Å². The molecule has 0 bridgehead atoms. The molecule has 2 heterocycles. The zero-order chi connectivity index (χ0) is 14.9. The zero-order valence-corrected chi connectivity index (χ0v) is 13.7. The number of nitrogens with one attached hydrogen (secondary N) is 1. The molecule has 6 nitrogen and oxygen atoms in total. The summed E-state index contributed by atoms with van der Waals surface area (Å²) in [6.45, 7) is 11.2. The van der Waals surface area contributed by atoms with Crippen molar-refractivity contribution < 1.29 is 0 Å². The molecular formula is C13H22N6S. The van der Waals surface area contributed by atoms with Gasteiger partial charge >= 0.3 is 0 Å². The van der Waals surface area contributed by atoms with Crippen molar-refractivity contribution in [1.29, 1.82) is 0 Å². The fourth-order valence-corrected chi connectivity index (χ4v) is 2.58. The van der Waals surface area contributed by atoms with Crippen LogP contribution in [-0.2, 0) is 19.0 Å². The van der Waals surface area contributed by atoms with Crippen LogP contribution in [0.5, 0.6) is 0 Å². The van der Waals surface area contributed by atoms with Gasteiger partial charge in [0.25, 0.3) is 0 Å². The molecular weight excluding hydrogens is 272 g/mol. The minimum atomic E-state index is 0.0349. The van der Waals surface area contributed by atoms with E-state index in [2.05, 4.69) is 60.3 Å². The molecule has 0 aliphatic heterocycles. The average Bonchev–Trinajstić information content (AvgIpc) is 2.92. The van der Waals surface area contributed by atoms with Gasteiger partial charge in [-0.25, -0.2) is 0 Å². The monoisotopic (exact) mass is 294 g/mol. The van der Waals surface area contributed by atoms with Gasteiger partial charge < -0.3 is 9.88 Å². The Bertz CT molecular complexity index is 578. The molecule has 0 aromatic carbocycles. The van der Waals surface area contributed by atoms with Crippen molar-refractivity contribution in [3.05, 3.63) is 16.7 Å². The average molecular weight is 294 g/mol. The third kappa shape index (κ3) is 3.15. The predicted octanol–water partition coefficient (Wildman–Crippen LogP) is 2.70. The summed E-state index contributed by atoms with van der Waals surface area (Å²) in [5, 5.41) is 21.9. The standard InChI is InChI=1S/C13H22N6S/c1-8(2)10-16-15-9(19(10)6)7-14-12-18-17-11(20-12)13(3,4)5/h8H,7H2,1-6H3,(H,14,18). The van der Waals surface area contributed by atoms with Gasteiger partial charge in [0.15, 0.2) is 5.82 Å². The van der Waals surface area contributed by atoms with Gasteiger partial charge in [0, 0.05) is 18.4 Å². The number of nitrogens with zero attached hydrogens (tertiary/aromatic N) is 5. The summed E-state index contributed by atoms with van der Waals surface area (Å²) in [7, 11) is 1.99. The Hall–Kier alpha value is -1.50. The highest BCUT2D eigenvalue weighted by molar-refractivity contribution is 7.15. The number of aromatic nitrogens is 5. The van der Waals surface area contributed by atoms with E-state index in [1.807, 2.05) is 11.6 Å². The van der Waals surface area contributed by atoms with E-state index in [1.54, 1.807) is 11.3 Å². The lowest BCUT2D eigenvalue weighted by Gasteiger charge is -2.12. The zero-order valence-electron chi connectivity index (χ0n) is 12.9. The second kappa shape index (κ2) is 5.47. The fraction of sp³-hybridized carbons (Fsp3) is 0.692. The van der Waals surface area contributed by atoms with Gasteiger partial charge in [-0.3, -0.25) is 0 Å². The van der Waals surface area contributed by atoms with Crippen molar-refractivity contribution in [2.75, 3.05) is 5.32 Å². The molecule has 0 spiro atoms. The lowest BCUT2D eigenvalue weighted by Crippen LogP contribution is -2.10. The lowest BCUT2D eigenvalue weighted by molar-refractivity contribution is 0.578. The maximum atomic E-state index is 4.22. The first kappa shape index (κ1) is 14.9. The largest absolute Gasteiger partial charge is 0.353 e. The Morgan fingerprint density at radius 3 is 2.35 bits per heavy atom. The van der Waals surface area contributed by atoms with Gasteiger partial charge in [0.05, 0.1) is 6.54 Å². The highest BCUT2D eigenvalue weighted by Gasteiger charge is 2.19. The van der Waals surface area contributed by atoms with E-state index >= 15 is 0 Å². The summed E-state index contributed by atoms with van der Waals surface area (Å²) in [4.78, 5) is 0. The van der Waals surface area contributed by atoms with Gasteiger partial charge in [-0.2, -0.15) is 0 Å². The third-order valence-electron chi connectivity index (χ3n) is 2.98. The number of hydrogen-bond donors (Lipinski definition) is 1. The third-order valence-corrected chi connectivity index (χ3v) is 4.29. The van der Waals surface area contributed by atoms with Gasteiger partial charge in [-0.05, 0) is 0 Å². The molecule has 0 aliphatic rings. The van der Waals surface area contributed by atoms with Crippen LogP contribution in [0.1, 0.15) is 57.2 Å². The van der Waals surface area contributed by atoms with E-state index in [-0.39, 0.29) is 5.41 Å². The second-order valence-corrected chi connectivity index (χ2v) is 7.18. The smallest absolute Gasteiger partial charge is 0.206 e. The van der Waals surface area contributed by atoms with E-state index in [1.165, 1.54) is 0 Å². The molecule has 0 fully saturated rings. The van der Waals surface area contributed by atoms with E-state index in [4.69, 9.17) is 0 Å². The van der Waals surface area contributed by atoms with E-state index in [0.29, 0.717) is 12.5 Å². The Morgan fingerprint density at radius 1 is 1.15 bits per heavy atom. The SMILES string of the molecule is CC(C)c1nnc(CNc2nnc(C(C)(C)C)s2)n1C. The van der Waals surface area contributed by atoms with Gasteiger partial charge in [0.1, 0.15) is 10.8 Å². The normalized spacial score (nSPS) is 12.2. The van der Waals surface area contributed by atoms with Gasteiger partial charge in [-0.15, -0.1) is 20.4 Å². The van der Waals surface area contributed by atoms with Crippen LogP contribution < -0.4 is 5.32 Å². The van der Waals surface area contributed by atoms with Crippen LogP contribution in [0.15, 0.2) is 0 Å². The fourth-order valence-electron chi connectivity index (χ4n) is 1.78. The molecule has 2 aromatic rings. The molecule has 110 valence electrons. The summed E-state index contributed by atoms with van der Waals surface area (Å²) in [6, 6.07) is 0. The second-order valence-electron chi connectivity index (χ2n) is 6.20. The first-order valence-electron chi connectivity index (χ1n) is 6.75. The predicted molar refractivity (Wildman–Crippen MR) is 81.0 cm³/mol. The summed E-state index contributed by atoms with van der Waals surface area (Å²) in [5.41, 5.74) is 0.0349. The van der Waals surface area contributed by atoms with Crippen LogP contribution in [0.25, 0.3) is 0 Å². The van der Waals surface area contributed by atoms with Crippen LogP contribution in [0.3, 0.4) is 0 Å². The Morgan fingerprint density at radius 2 is 1.85 bits per heavy atom. The number of anilines is 1. The molecule has 2 rings (SSSR count). The highest BCUT2D eigenvalue weighted by atomic mass is 32.1. The Labute approximate surface area is 123 Å². The van der Waals surface area contributed by atoms with E-state index in [9.17, 15) is 0 Å².